The van der Waals surface area contributed by atoms with E-state index < -0.39 is 5.91 Å². The molecule has 190 valence electrons. The zero-order chi connectivity index (χ0) is 26.6. The van der Waals surface area contributed by atoms with Crippen LogP contribution in [0.3, 0.4) is 0 Å². The van der Waals surface area contributed by atoms with Crippen LogP contribution in [0.1, 0.15) is 30.5 Å². The predicted octanol–water partition coefficient (Wildman–Crippen LogP) is 7.10. The normalized spacial score (nSPS) is 10.8. The molecule has 0 saturated heterocycles. The maximum absolute atomic E-state index is 12.9. The highest BCUT2D eigenvalue weighted by Gasteiger charge is 2.16. The van der Waals surface area contributed by atoms with Crippen molar-refractivity contribution < 1.29 is 19.0 Å². The molecule has 1 amide bonds. The molecule has 0 saturated carbocycles. The van der Waals surface area contributed by atoms with Gasteiger partial charge < -0.3 is 19.5 Å². The van der Waals surface area contributed by atoms with Gasteiger partial charge in [-0.05, 0) is 73.9 Å². The first kappa shape index (κ1) is 27.6. The van der Waals surface area contributed by atoms with Crippen molar-refractivity contribution in [1.29, 1.82) is 5.26 Å². The average molecular weight is 561 g/mol. The second kappa shape index (κ2) is 13.9. The van der Waals surface area contributed by atoms with Crippen LogP contribution in [-0.4, -0.2) is 19.1 Å². The molecular formula is C30H29BrN2O4. The Kier molecular flexibility index (Phi) is 10.4. The number of rotatable bonds is 12. The molecule has 6 nitrogen and oxygen atoms in total. The Morgan fingerprint density at radius 1 is 1.05 bits per heavy atom. The van der Waals surface area contributed by atoms with Gasteiger partial charge in [-0.25, -0.2) is 0 Å². The van der Waals surface area contributed by atoms with Gasteiger partial charge in [-0.15, -0.1) is 6.58 Å². The van der Waals surface area contributed by atoms with E-state index in [1.165, 1.54) is 6.08 Å². The van der Waals surface area contributed by atoms with Gasteiger partial charge in [0.1, 0.15) is 24.0 Å². The first-order chi connectivity index (χ1) is 18.0. The summed E-state index contributed by atoms with van der Waals surface area (Å²) in [5.41, 5.74) is 2.99. The fraction of sp³-hybridized carbons (Fsp3) is 0.200. The van der Waals surface area contributed by atoms with Gasteiger partial charge in [0.25, 0.3) is 5.91 Å². The fourth-order valence-corrected chi connectivity index (χ4v) is 3.85. The van der Waals surface area contributed by atoms with Crippen molar-refractivity contribution in [1.82, 2.24) is 0 Å². The Hall–Kier alpha value is -4.02. The van der Waals surface area contributed by atoms with E-state index in [1.807, 2.05) is 50.2 Å². The molecule has 7 heteroatoms. The van der Waals surface area contributed by atoms with Crippen molar-refractivity contribution in [3.05, 3.63) is 100 Å². The van der Waals surface area contributed by atoms with E-state index in [1.54, 1.807) is 36.4 Å². The Morgan fingerprint density at radius 2 is 1.81 bits per heavy atom. The molecule has 3 aromatic rings. The summed E-state index contributed by atoms with van der Waals surface area (Å²) >= 11 is 3.44. The number of halogens is 1. The summed E-state index contributed by atoms with van der Waals surface area (Å²) in [6.07, 6.45) is 3.83. The van der Waals surface area contributed by atoms with Crippen LogP contribution >= 0.6 is 15.9 Å². The number of hydrogen-bond acceptors (Lipinski definition) is 5. The van der Waals surface area contributed by atoms with Crippen molar-refractivity contribution in [3.63, 3.8) is 0 Å². The first-order valence-electron chi connectivity index (χ1n) is 11.9. The summed E-state index contributed by atoms with van der Waals surface area (Å²) in [6, 6.07) is 20.6. The highest BCUT2D eigenvalue weighted by molar-refractivity contribution is 9.10. The van der Waals surface area contributed by atoms with E-state index in [0.29, 0.717) is 54.7 Å². The maximum atomic E-state index is 12.9. The van der Waals surface area contributed by atoms with Crippen LogP contribution in [0.2, 0.25) is 0 Å². The lowest BCUT2D eigenvalue weighted by molar-refractivity contribution is -0.112. The number of allylic oxidation sites excluding steroid dienone is 1. The quantitative estimate of drug-likeness (QED) is 0.145. The number of nitrogens with zero attached hydrogens (tertiary/aromatic N) is 1. The molecule has 0 atom stereocenters. The van der Waals surface area contributed by atoms with E-state index >= 15 is 0 Å². The average Bonchev–Trinajstić information content (AvgIpc) is 2.88. The number of nitrogens with one attached hydrogen (secondary N) is 1. The minimum absolute atomic E-state index is 0.0441. The molecule has 0 unspecified atom stereocenters. The smallest absolute Gasteiger partial charge is 0.266 e. The number of carbonyl (C=O) groups excluding carboxylic acids is 1. The van der Waals surface area contributed by atoms with Crippen LogP contribution in [0, 0.1) is 11.3 Å². The molecule has 0 heterocycles. The number of nitriles is 1. The minimum Gasteiger partial charge on any atom is -0.494 e. The highest BCUT2D eigenvalue weighted by atomic mass is 79.9. The second-order valence-corrected chi connectivity index (χ2v) is 8.85. The highest BCUT2D eigenvalue weighted by Crippen LogP contribution is 2.35. The third-order valence-corrected chi connectivity index (χ3v) is 5.72. The molecule has 0 aliphatic heterocycles. The number of ether oxygens (including phenoxy) is 3. The first-order valence-corrected chi connectivity index (χ1v) is 12.7. The number of carbonyl (C=O) groups is 1. The molecule has 0 aliphatic rings. The molecule has 1 N–H and O–H groups in total. The molecule has 37 heavy (non-hydrogen) atoms. The van der Waals surface area contributed by atoms with Crippen LogP contribution in [0.5, 0.6) is 17.2 Å². The number of hydrogen-bond donors (Lipinski definition) is 1. The van der Waals surface area contributed by atoms with Crippen molar-refractivity contribution in [3.8, 4) is 23.3 Å². The van der Waals surface area contributed by atoms with Crippen LogP contribution in [0.15, 0.2) is 83.4 Å². The van der Waals surface area contributed by atoms with E-state index in [9.17, 15) is 10.1 Å². The lowest BCUT2D eigenvalue weighted by Gasteiger charge is -2.17. The van der Waals surface area contributed by atoms with Gasteiger partial charge in [0.05, 0.1) is 13.2 Å². The van der Waals surface area contributed by atoms with Crippen molar-refractivity contribution >= 4 is 33.6 Å². The zero-order valence-corrected chi connectivity index (χ0v) is 22.5. The Morgan fingerprint density at radius 3 is 2.49 bits per heavy atom. The van der Waals surface area contributed by atoms with E-state index in [2.05, 4.69) is 27.8 Å². The Labute approximate surface area is 226 Å². The molecule has 0 bridgehead atoms. The Bertz CT molecular complexity index is 1310. The van der Waals surface area contributed by atoms with Gasteiger partial charge in [0, 0.05) is 21.8 Å². The fourth-order valence-electron chi connectivity index (χ4n) is 3.58. The third-order valence-electron chi connectivity index (χ3n) is 5.19. The zero-order valence-electron chi connectivity index (χ0n) is 20.9. The SMILES string of the molecule is C=CCc1cc(/C=C(/C#N)C(=O)Nc2cccc(OCC)c2)cc(OCC)c1OCc1ccc(Br)cc1. The van der Waals surface area contributed by atoms with Crippen molar-refractivity contribution in [2.75, 3.05) is 18.5 Å². The summed E-state index contributed by atoms with van der Waals surface area (Å²) in [6.45, 7) is 8.93. The molecule has 3 aromatic carbocycles. The number of amides is 1. The number of anilines is 1. The van der Waals surface area contributed by atoms with Crippen LogP contribution in [0.25, 0.3) is 6.08 Å². The van der Waals surface area contributed by atoms with Crippen LogP contribution in [0.4, 0.5) is 5.69 Å². The standard InChI is InChI=1S/C30H29BrN2O4/c1-4-8-23-15-22(16-24(19-32)30(34)33-26-9-7-10-27(18-26)35-5-2)17-28(36-6-3)29(23)37-20-21-11-13-25(31)14-12-21/h4,7,9-18H,1,5-6,8,20H2,2-3H3,(H,33,34)/b24-16-. The van der Waals surface area contributed by atoms with Crippen molar-refractivity contribution in [2.45, 2.75) is 26.9 Å². The summed E-state index contributed by atoms with van der Waals surface area (Å²) < 4.78 is 18.5. The largest absolute Gasteiger partial charge is 0.494 e. The summed E-state index contributed by atoms with van der Waals surface area (Å²) in [5, 5.41) is 12.5. The third kappa shape index (κ3) is 7.99. The molecular weight excluding hydrogens is 532 g/mol. The molecule has 3 rings (SSSR count). The minimum atomic E-state index is -0.519. The monoisotopic (exact) mass is 560 g/mol. The van der Waals surface area contributed by atoms with Crippen LogP contribution < -0.4 is 19.5 Å². The van der Waals surface area contributed by atoms with Gasteiger partial charge in [-0.3, -0.25) is 4.79 Å². The summed E-state index contributed by atoms with van der Waals surface area (Å²) in [5.74, 6) is 1.26. The topological polar surface area (TPSA) is 80.6 Å². The van der Waals surface area contributed by atoms with E-state index in [4.69, 9.17) is 14.2 Å². The summed E-state index contributed by atoms with van der Waals surface area (Å²) in [7, 11) is 0. The van der Waals surface area contributed by atoms with E-state index in [0.717, 1.165) is 15.6 Å². The van der Waals surface area contributed by atoms with Gasteiger partial charge in [0.15, 0.2) is 11.5 Å². The van der Waals surface area contributed by atoms with Crippen LogP contribution in [-0.2, 0) is 17.8 Å². The molecule has 0 aromatic heterocycles. The summed E-state index contributed by atoms with van der Waals surface area (Å²) in [4.78, 5) is 12.9. The lowest BCUT2D eigenvalue weighted by atomic mass is 10.0. The van der Waals surface area contributed by atoms with Crippen molar-refractivity contribution in [2.24, 2.45) is 0 Å². The molecule has 0 radical (unpaired) electrons. The predicted molar refractivity (Wildman–Crippen MR) is 150 cm³/mol. The number of benzene rings is 3. The van der Waals surface area contributed by atoms with Gasteiger partial charge in [0.2, 0.25) is 0 Å². The van der Waals surface area contributed by atoms with Gasteiger partial charge in [-0.2, -0.15) is 5.26 Å². The molecule has 0 aliphatic carbocycles. The second-order valence-electron chi connectivity index (χ2n) is 7.93. The molecule has 0 spiro atoms. The van der Waals surface area contributed by atoms with Gasteiger partial charge in [-0.1, -0.05) is 40.2 Å². The maximum Gasteiger partial charge on any atom is 0.266 e. The Balaban J connectivity index is 1.90. The van der Waals surface area contributed by atoms with E-state index in [-0.39, 0.29) is 5.57 Å². The molecule has 0 fully saturated rings. The lowest BCUT2D eigenvalue weighted by Crippen LogP contribution is -2.13. The van der Waals surface area contributed by atoms with Gasteiger partial charge >= 0.3 is 0 Å².